The van der Waals surface area contributed by atoms with Gasteiger partial charge in [-0.2, -0.15) is 4.31 Å². The van der Waals surface area contributed by atoms with E-state index in [1.54, 1.807) is 12.1 Å². The zero-order valence-electron chi connectivity index (χ0n) is 15.5. The maximum atomic E-state index is 12.5. The third-order valence-corrected chi connectivity index (χ3v) is 6.73. The van der Waals surface area contributed by atoms with Crippen molar-refractivity contribution < 1.29 is 32.2 Å². The fraction of sp³-hybridized carbons (Fsp3) is 0.300. The Morgan fingerprint density at radius 2 is 1.59 bits per heavy atom. The van der Waals surface area contributed by atoms with Crippen LogP contribution in [-0.2, 0) is 14.8 Å². The van der Waals surface area contributed by atoms with Crippen LogP contribution in [0.5, 0.6) is 11.5 Å². The maximum Gasteiger partial charge on any atom is 0.338 e. The molecule has 2 aromatic rings. The first-order valence-electron chi connectivity index (χ1n) is 9.15. The number of carbonyl (C=O) groups excluding carboxylic acids is 2. The smallest absolute Gasteiger partial charge is 0.338 e. The minimum Gasteiger partial charge on any atom is -0.454 e. The minimum absolute atomic E-state index is 0.103. The molecule has 0 spiro atoms. The number of sulfonamides is 1. The molecule has 0 N–H and O–H groups in total. The molecule has 1 saturated heterocycles. The van der Waals surface area contributed by atoms with Crippen LogP contribution in [0.25, 0.3) is 0 Å². The summed E-state index contributed by atoms with van der Waals surface area (Å²) in [5.74, 6) is -0.0615. The molecular formula is C20H19NO7S. The topological polar surface area (TPSA) is 99.2 Å². The number of esters is 1. The van der Waals surface area contributed by atoms with Crippen LogP contribution in [0.3, 0.4) is 0 Å². The van der Waals surface area contributed by atoms with Gasteiger partial charge in [-0.05, 0) is 55.3 Å². The normalized spacial score (nSPS) is 16.0. The average Bonchev–Trinajstić information content (AvgIpc) is 3.43. The Morgan fingerprint density at radius 3 is 2.31 bits per heavy atom. The minimum atomic E-state index is -3.54. The lowest BCUT2D eigenvalue weighted by Crippen LogP contribution is -2.27. The third-order valence-electron chi connectivity index (χ3n) is 4.82. The van der Waals surface area contributed by atoms with Gasteiger partial charge in [-0.15, -0.1) is 0 Å². The SMILES string of the molecule is O=C(COC(=O)c1ccc(S(=O)(=O)N2CCCC2)cc1)c1ccc2c(c1)OCO2. The molecule has 2 aromatic carbocycles. The lowest BCUT2D eigenvalue weighted by Gasteiger charge is -2.15. The molecular weight excluding hydrogens is 398 g/mol. The second-order valence-corrected chi connectivity index (χ2v) is 8.64. The molecule has 9 heteroatoms. The molecule has 2 aliphatic rings. The van der Waals surface area contributed by atoms with E-state index < -0.39 is 22.6 Å². The molecule has 0 atom stereocenters. The van der Waals surface area contributed by atoms with Crippen LogP contribution in [0, 0.1) is 0 Å². The van der Waals surface area contributed by atoms with Crippen molar-refractivity contribution in [2.75, 3.05) is 26.5 Å². The van der Waals surface area contributed by atoms with Gasteiger partial charge < -0.3 is 14.2 Å². The zero-order valence-corrected chi connectivity index (χ0v) is 16.3. The van der Waals surface area contributed by atoms with E-state index in [1.807, 2.05) is 0 Å². The predicted molar refractivity (Wildman–Crippen MR) is 102 cm³/mol. The number of rotatable bonds is 6. The fourth-order valence-electron chi connectivity index (χ4n) is 3.21. The van der Waals surface area contributed by atoms with Crippen molar-refractivity contribution in [2.24, 2.45) is 0 Å². The van der Waals surface area contributed by atoms with Crippen LogP contribution >= 0.6 is 0 Å². The Morgan fingerprint density at radius 1 is 0.931 bits per heavy atom. The summed E-state index contributed by atoms with van der Waals surface area (Å²) in [6, 6.07) is 10.3. The molecule has 4 rings (SSSR count). The van der Waals surface area contributed by atoms with Crippen LogP contribution < -0.4 is 9.47 Å². The van der Waals surface area contributed by atoms with E-state index in [-0.39, 0.29) is 23.0 Å². The molecule has 0 saturated carbocycles. The van der Waals surface area contributed by atoms with E-state index in [2.05, 4.69) is 0 Å². The molecule has 8 nitrogen and oxygen atoms in total. The second-order valence-electron chi connectivity index (χ2n) is 6.70. The number of hydrogen-bond acceptors (Lipinski definition) is 7. The molecule has 29 heavy (non-hydrogen) atoms. The molecule has 0 amide bonds. The van der Waals surface area contributed by atoms with Gasteiger partial charge >= 0.3 is 5.97 Å². The van der Waals surface area contributed by atoms with E-state index in [0.717, 1.165) is 12.8 Å². The molecule has 2 aliphatic heterocycles. The molecule has 0 aliphatic carbocycles. The number of benzene rings is 2. The quantitative estimate of drug-likeness (QED) is 0.525. The van der Waals surface area contributed by atoms with E-state index in [1.165, 1.54) is 34.6 Å². The largest absolute Gasteiger partial charge is 0.454 e. The lowest BCUT2D eigenvalue weighted by molar-refractivity contribution is 0.0474. The summed E-state index contributed by atoms with van der Waals surface area (Å²) in [5.41, 5.74) is 0.512. The summed E-state index contributed by atoms with van der Waals surface area (Å²) < 4.78 is 41.9. The number of hydrogen-bond donors (Lipinski definition) is 0. The van der Waals surface area contributed by atoms with Gasteiger partial charge in [-0.25, -0.2) is 13.2 Å². The van der Waals surface area contributed by atoms with Crippen molar-refractivity contribution in [3.63, 3.8) is 0 Å². The van der Waals surface area contributed by atoms with Gasteiger partial charge in [0.05, 0.1) is 10.5 Å². The van der Waals surface area contributed by atoms with E-state index in [9.17, 15) is 18.0 Å². The zero-order chi connectivity index (χ0) is 20.4. The first-order chi connectivity index (χ1) is 13.9. The van der Waals surface area contributed by atoms with Crippen LogP contribution in [-0.4, -0.2) is 51.0 Å². The highest BCUT2D eigenvalue weighted by Crippen LogP contribution is 2.32. The van der Waals surface area contributed by atoms with Crippen molar-refractivity contribution in [1.82, 2.24) is 4.31 Å². The van der Waals surface area contributed by atoms with Gasteiger partial charge in [-0.3, -0.25) is 4.79 Å². The van der Waals surface area contributed by atoms with Crippen molar-refractivity contribution >= 4 is 21.8 Å². The second kappa shape index (κ2) is 7.84. The summed E-state index contributed by atoms with van der Waals surface area (Å²) >= 11 is 0. The highest BCUT2D eigenvalue weighted by atomic mass is 32.2. The lowest BCUT2D eigenvalue weighted by atomic mass is 10.1. The van der Waals surface area contributed by atoms with Gasteiger partial charge in [0.1, 0.15) is 0 Å². The van der Waals surface area contributed by atoms with Gasteiger partial charge in [0, 0.05) is 18.7 Å². The van der Waals surface area contributed by atoms with Gasteiger partial charge in [0.15, 0.2) is 23.9 Å². The van der Waals surface area contributed by atoms with Gasteiger partial charge in [0.2, 0.25) is 16.8 Å². The van der Waals surface area contributed by atoms with Gasteiger partial charge in [0.25, 0.3) is 0 Å². The Hall–Kier alpha value is -2.91. The van der Waals surface area contributed by atoms with Crippen molar-refractivity contribution in [1.29, 1.82) is 0 Å². The molecule has 2 heterocycles. The maximum absolute atomic E-state index is 12.5. The number of Topliss-reactive ketones (excluding diaryl/α,β-unsaturated/α-hetero) is 1. The van der Waals surface area contributed by atoms with Crippen LogP contribution in [0.4, 0.5) is 0 Å². The standard InChI is InChI=1S/C20H19NO7S/c22-17(15-5-8-18-19(11-15)28-13-27-18)12-26-20(23)14-3-6-16(7-4-14)29(24,25)21-9-1-2-10-21/h3-8,11H,1-2,9-10,12-13H2. The highest BCUT2D eigenvalue weighted by Gasteiger charge is 2.27. The Kier molecular flexibility index (Phi) is 5.25. The first kappa shape index (κ1) is 19.4. The molecule has 0 radical (unpaired) electrons. The number of fused-ring (bicyclic) bond motifs is 1. The average molecular weight is 417 g/mol. The van der Waals surface area contributed by atoms with Crippen molar-refractivity contribution in [2.45, 2.75) is 17.7 Å². The third kappa shape index (κ3) is 3.96. The summed E-state index contributed by atoms with van der Waals surface area (Å²) in [4.78, 5) is 24.6. The number of carbonyl (C=O) groups is 2. The highest BCUT2D eigenvalue weighted by molar-refractivity contribution is 7.89. The Labute approximate surface area is 168 Å². The van der Waals surface area contributed by atoms with E-state index in [4.69, 9.17) is 14.2 Å². The molecule has 0 aromatic heterocycles. The van der Waals surface area contributed by atoms with E-state index in [0.29, 0.717) is 30.2 Å². The molecule has 0 bridgehead atoms. The van der Waals surface area contributed by atoms with Crippen LogP contribution in [0.1, 0.15) is 33.6 Å². The number of ether oxygens (including phenoxy) is 3. The summed E-state index contributed by atoms with van der Waals surface area (Å²) in [7, 11) is -3.54. The van der Waals surface area contributed by atoms with Crippen LogP contribution in [0.15, 0.2) is 47.4 Å². The monoisotopic (exact) mass is 417 g/mol. The summed E-state index contributed by atoms with van der Waals surface area (Å²) in [6.45, 7) is 0.680. The van der Waals surface area contributed by atoms with Crippen LogP contribution in [0.2, 0.25) is 0 Å². The van der Waals surface area contributed by atoms with Gasteiger partial charge in [-0.1, -0.05) is 0 Å². The Bertz CT molecular complexity index is 1040. The summed E-state index contributed by atoms with van der Waals surface area (Å²) in [6.07, 6.45) is 1.70. The number of ketones is 1. The molecule has 0 unspecified atom stereocenters. The Balaban J connectivity index is 1.38. The summed E-state index contributed by atoms with van der Waals surface area (Å²) in [5, 5.41) is 0. The number of nitrogens with zero attached hydrogens (tertiary/aromatic N) is 1. The van der Waals surface area contributed by atoms with E-state index >= 15 is 0 Å². The predicted octanol–water partition coefficient (Wildman–Crippen LogP) is 2.24. The van der Waals surface area contributed by atoms with Crippen molar-refractivity contribution in [3.8, 4) is 11.5 Å². The molecule has 152 valence electrons. The van der Waals surface area contributed by atoms with Crippen molar-refractivity contribution in [3.05, 3.63) is 53.6 Å². The molecule has 1 fully saturated rings. The fourth-order valence-corrected chi connectivity index (χ4v) is 4.73. The first-order valence-corrected chi connectivity index (χ1v) is 10.6.